The number of piperidine rings is 1. The molecule has 3 heteroatoms. The van der Waals surface area contributed by atoms with Crippen LogP contribution in [0.5, 0.6) is 0 Å². The molecule has 0 radical (unpaired) electrons. The van der Waals surface area contributed by atoms with Gasteiger partial charge in [0.15, 0.2) is 5.78 Å². The maximum Gasteiger partial charge on any atom is 0.156 e. The number of hydrogen-bond donors (Lipinski definition) is 0. The maximum atomic E-state index is 13.1. The molecule has 0 N–H and O–H groups in total. The maximum absolute atomic E-state index is 13.1. The number of likely N-dealkylation sites (tertiary alicyclic amines) is 1. The molecule has 174 valence electrons. The van der Waals surface area contributed by atoms with Crippen molar-refractivity contribution in [1.82, 2.24) is 4.90 Å². The van der Waals surface area contributed by atoms with Crippen molar-refractivity contribution in [3.8, 4) is 0 Å². The second-order valence-electron chi connectivity index (χ2n) is 11.5. The van der Waals surface area contributed by atoms with Crippen LogP contribution in [0.15, 0.2) is 47.1 Å². The number of Topliss-reactive ketones (excluding diaryl/α,β-unsaturated/α-hetero) is 1. The molecule has 5 aliphatic rings. The fourth-order valence-electron chi connectivity index (χ4n) is 7.96. The van der Waals surface area contributed by atoms with E-state index in [1.54, 1.807) is 5.57 Å². The molecule has 0 amide bonds. The van der Waals surface area contributed by atoms with Crippen LogP contribution >= 0.6 is 0 Å². The van der Waals surface area contributed by atoms with Gasteiger partial charge in [-0.2, -0.15) is 0 Å². The first-order valence-corrected chi connectivity index (χ1v) is 13.3. The standard InChI is InChI=1S/C30H37NO2/c1-30-18-26(21-7-5-20(6-8-21)19-31-15-3-2-4-16-31)29-24-12-10-23(32)17-22(24)9-11-25(29)27(30)13-14-28(30)33/h5-8,17,25-27H,2-4,9-16,18-19H2,1H3. The van der Waals surface area contributed by atoms with E-state index in [1.165, 1.54) is 54.6 Å². The third kappa shape index (κ3) is 3.67. The van der Waals surface area contributed by atoms with Crippen molar-refractivity contribution in [1.29, 1.82) is 0 Å². The summed E-state index contributed by atoms with van der Waals surface area (Å²) in [5.41, 5.74) is 6.98. The Labute approximate surface area is 198 Å². The summed E-state index contributed by atoms with van der Waals surface area (Å²) >= 11 is 0. The van der Waals surface area contributed by atoms with Gasteiger partial charge < -0.3 is 0 Å². The topological polar surface area (TPSA) is 37.4 Å². The quantitative estimate of drug-likeness (QED) is 0.563. The van der Waals surface area contributed by atoms with E-state index in [0.29, 0.717) is 35.7 Å². The Kier molecular flexibility index (Phi) is 5.44. The van der Waals surface area contributed by atoms with E-state index in [-0.39, 0.29) is 5.41 Å². The largest absolute Gasteiger partial charge is 0.299 e. The van der Waals surface area contributed by atoms with Gasteiger partial charge in [-0.3, -0.25) is 14.5 Å². The first-order chi connectivity index (χ1) is 16.0. The van der Waals surface area contributed by atoms with Crippen molar-refractivity contribution >= 4 is 11.6 Å². The number of nitrogens with zero attached hydrogens (tertiary/aromatic N) is 1. The Morgan fingerprint density at radius 3 is 2.52 bits per heavy atom. The van der Waals surface area contributed by atoms with Gasteiger partial charge in [0.05, 0.1) is 0 Å². The highest BCUT2D eigenvalue weighted by Crippen LogP contribution is 2.62. The fourth-order valence-corrected chi connectivity index (χ4v) is 7.96. The zero-order valence-corrected chi connectivity index (χ0v) is 20.1. The number of carbonyl (C=O) groups is 2. The van der Waals surface area contributed by atoms with E-state index < -0.39 is 0 Å². The van der Waals surface area contributed by atoms with Gasteiger partial charge >= 0.3 is 0 Å². The molecule has 3 nitrogen and oxygen atoms in total. The average Bonchev–Trinajstić information content (AvgIpc) is 3.13. The molecule has 3 fully saturated rings. The summed E-state index contributed by atoms with van der Waals surface area (Å²) in [5.74, 6) is 2.09. The summed E-state index contributed by atoms with van der Waals surface area (Å²) in [6.07, 6.45) is 12.4. The van der Waals surface area contributed by atoms with Crippen molar-refractivity contribution in [2.24, 2.45) is 17.3 Å². The molecule has 1 aromatic carbocycles. The van der Waals surface area contributed by atoms with Crippen LogP contribution in [0.3, 0.4) is 0 Å². The lowest BCUT2D eigenvalue weighted by Gasteiger charge is -2.50. The molecule has 4 atom stereocenters. The molecule has 1 saturated heterocycles. The lowest BCUT2D eigenvalue weighted by molar-refractivity contribution is -0.128. The van der Waals surface area contributed by atoms with Gasteiger partial charge in [0.2, 0.25) is 0 Å². The van der Waals surface area contributed by atoms with Crippen LogP contribution in [0.1, 0.15) is 88.2 Å². The minimum atomic E-state index is -0.183. The normalized spacial score (nSPS) is 34.6. The van der Waals surface area contributed by atoms with Gasteiger partial charge in [-0.15, -0.1) is 0 Å². The SMILES string of the molecule is CC12CC(c3ccc(CN4CCCCC4)cc3)C3=C4CCC(=O)C=C4CCC3C1CCC2=O. The minimum absolute atomic E-state index is 0.183. The lowest BCUT2D eigenvalue weighted by atomic mass is 9.53. The van der Waals surface area contributed by atoms with Gasteiger partial charge in [-0.25, -0.2) is 0 Å². The molecular formula is C30H37NO2. The minimum Gasteiger partial charge on any atom is -0.299 e. The number of carbonyl (C=O) groups excluding carboxylic acids is 2. The molecule has 1 aromatic rings. The summed E-state index contributed by atoms with van der Waals surface area (Å²) < 4.78 is 0. The van der Waals surface area contributed by atoms with Gasteiger partial charge in [0.1, 0.15) is 5.78 Å². The van der Waals surface area contributed by atoms with E-state index in [4.69, 9.17) is 0 Å². The number of allylic oxidation sites excluding steroid dienone is 4. The third-order valence-electron chi connectivity index (χ3n) is 9.68. The van der Waals surface area contributed by atoms with Crippen LogP contribution in [0.25, 0.3) is 0 Å². The van der Waals surface area contributed by atoms with Crippen molar-refractivity contribution in [2.45, 2.75) is 83.6 Å². The molecular weight excluding hydrogens is 406 g/mol. The van der Waals surface area contributed by atoms with Gasteiger partial charge in [-0.05, 0) is 98.2 Å². The van der Waals surface area contributed by atoms with Crippen molar-refractivity contribution in [2.75, 3.05) is 13.1 Å². The highest BCUT2D eigenvalue weighted by molar-refractivity contribution is 5.93. The Morgan fingerprint density at radius 1 is 0.939 bits per heavy atom. The van der Waals surface area contributed by atoms with Crippen molar-refractivity contribution in [3.05, 3.63) is 58.2 Å². The molecule has 4 aliphatic carbocycles. The van der Waals surface area contributed by atoms with Gasteiger partial charge in [0.25, 0.3) is 0 Å². The number of ketones is 2. The highest BCUT2D eigenvalue weighted by atomic mass is 16.1. The molecule has 0 aromatic heterocycles. The summed E-state index contributed by atoms with van der Waals surface area (Å²) in [7, 11) is 0. The molecule has 1 heterocycles. The van der Waals surface area contributed by atoms with E-state index in [0.717, 1.165) is 45.1 Å². The second-order valence-corrected chi connectivity index (χ2v) is 11.5. The van der Waals surface area contributed by atoms with Crippen molar-refractivity contribution in [3.63, 3.8) is 0 Å². The number of hydrogen-bond acceptors (Lipinski definition) is 3. The molecule has 33 heavy (non-hydrogen) atoms. The Hall–Kier alpha value is -2.00. The first-order valence-electron chi connectivity index (χ1n) is 13.3. The van der Waals surface area contributed by atoms with Gasteiger partial charge in [0, 0.05) is 30.7 Å². The number of fused-ring (bicyclic) bond motifs is 4. The summed E-state index contributed by atoms with van der Waals surface area (Å²) in [6, 6.07) is 9.37. The van der Waals surface area contributed by atoms with Crippen LogP contribution in [0, 0.1) is 17.3 Å². The van der Waals surface area contributed by atoms with E-state index in [1.807, 2.05) is 6.08 Å². The van der Waals surface area contributed by atoms with E-state index in [9.17, 15) is 9.59 Å². The van der Waals surface area contributed by atoms with E-state index in [2.05, 4.69) is 36.1 Å². The Balaban J connectivity index is 1.37. The van der Waals surface area contributed by atoms with Crippen LogP contribution in [0.4, 0.5) is 0 Å². The molecule has 6 rings (SSSR count). The molecule has 0 spiro atoms. The summed E-state index contributed by atoms with van der Waals surface area (Å²) in [5, 5.41) is 0. The van der Waals surface area contributed by atoms with Crippen LogP contribution in [-0.4, -0.2) is 29.6 Å². The summed E-state index contributed by atoms with van der Waals surface area (Å²) in [4.78, 5) is 27.8. The van der Waals surface area contributed by atoms with Crippen molar-refractivity contribution < 1.29 is 9.59 Å². The van der Waals surface area contributed by atoms with Crippen LogP contribution in [-0.2, 0) is 16.1 Å². The smallest absolute Gasteiger partial charge is 0.156 e. The predicted octanol–water partition coefficient (Wildman–Crippen LogP) is 6.14. The highest BCUT2D eigenvalue weighted by Gasteiger charge is 2.56. The molecule has 2 saturated carbocycles. The third-order valence-corrected chi connectivity index (χ3v) is 9.68. The zero-order valence-electron chi connectivity index (χ0n) is 20.1. The molecule has 1 aliphatic heterocycles. The number of benzene rings is 1. The molecule has 4 unspecified atom stereocenters. The van der Waals surface area contributed by atoms with Crippen LogP contribution in [0.2, 0.25) is 0 Å². The second kappa shape index (κ2) is 8.34. The predicted molar refractivity (Wildman–Crippen MR) is 131 cm³/mol. The zero-order chi connectivity index (χ0) is 22.6. The summed E-state index contributed by atoms with van der Waals surface area (Å²) in [6.45, 7) is 5.76. The lowest BCUT2D eigenvalue weighted by Crippen LogP contribution is -2.43. The molecule has 0 bridgehead atoms. The fraction of sp³-hybridized carbons (Fsp3) is 0.600. The van der Waals surface area contributed by atoms with E-state index >= 15 is 0 Å². The monoisotopic (exact) mass is 443 g/mol. The average molecular weight is 444 g/mol. The Bertz CT molecular complexity index is 1030. The number of rotatable bonds is 3. The van der Waals surface area contributed by atoms with Gasteiger partial charge in [-0.1, -0.05) is 43.2 Å². The first kappa shape index (κ1) is 21.5. The van der Waals surface area contributed by atoms with Crippen LogP contribution < -0.4 is 0 Å². The Morgan fingerprint density at radius 2 is 1.73 bits per heavy atom.